The van der Waals surface area contributed by atoms with Crippen LogP contribution in [0.25, 0.3) is 0 Å². The van der Waals surface area contributed by atoms with Crippen LogP contribution in [0.1, 0.15) is 34.1 Å². The lowest BCUT2D eigenvalue weighted by Crippen LogP contribution is -2.52. The van der Waals surface area contributed by atoms with Crippen molar-refractivity contribution >= 4 is 23.4 Å². The summed E-state index contributed by atoms with van der Waals surface area (Å²) in [6.07, 6.45) is 2.41. The normalized spacial score (nSPS) is 22.3. The van der Waals surface area contributed by atoms with Gasteiger partial charge in [-0.15, -0.1) is 0 Å². The third-order valence-electron chi connectivity index (χ3n) is 3.74. The average Bonchev–Trinajstić information content (AvgIpc) is 2.40. The predicted molar refractivity (Wildman–Crippen MR) is 88.4 cm³/mol. The minimum Gasteiger partial charge on any atom is -0.444 e. The number of nitrogens with one attached hydrogen (secondary N) is 1. The van der Waals surface area contributed by atoms with E-state index in [1.165, 1.54) is 0 Å². The van der Waals surface area contributed by atoms with Crippen LogP contribution in [0.15, 0.2) is 18.3 Å². The first-order chi connectivity index (χ1) is 10.2. The monoisotopic (exact) mass is 325 g/mol. The van der Waals surface area contributed by atoms with Crippen LogP contribution in [0.5, 0.6) is 0 Å². The summed E-state index contributed by atoms with van der Waals surface area (Å²) in [5, 5.41) is 3.47. The molecule has 0 spiro atoms. The van der Waals surface area contributed by atoms with Crippen molar-refractivity contribution in [1.82, 2.24) is 10.3 Å². The van der Waals surface area contributed by atoms with Crippen LogP contribution in [0, 0.1) is 5.92 Å². The molecule has 2 rings (SSSR count). The molecule has 22 heavy (non-hydrogen) atoms. The summed E-state index contributed by atoms with van der Waals surface area (Å²) in [6.45, 7) is 9.42. The first-order valence-corrected chi connectivity index (χ1v) is 7.98. The first kappa shape index (κ1) is 16.9. The molecule has 1 aromatic heterocycles. The van der Waals surface area contributed by atoms with E-state index in [0.717, 1.165) is 25.2 Å². The molecule has 1 saturated heterocycles. The van der Waals surface area contributed by atoms with Gasteiger partial charge in [0.2, 0.25) is 0 Å². The number of nitrogens with zero attached hydrogens (tertiary/aromatic N) is 2. The molecule has 0 aliphatic carbocycles. The zero-order valence-corrected chi connectivity index (χ0v) is 14.4. The third kappa shape index (κ3) is 4.77. The Morgan fingerprint density at radius 2 is 2.18 bits per heavy atom. The van der Waals surface area contributed by atoms with Crippen molar-refractivity contribution in [2.45, 2.75) is 45.8 Å². The Hall–Kier alpha value is -1.49. The van der Waals surface area contributed by atoms with Gasteiger partial charge >= 0.3 is 6.09 Å². The number of ether oxygens (including phenoxy) is 1. The number of piperidine rings is 1. The maximum atomic E-state index is 12.0. The van der Waals surface area contributed by atoms with Crippen molar-refractivity contribution < 1.29 is 9.53 Å². The SMILES string of the molecule is C[C@@H]1CCN(c2ccc(Cl)nc2)C[C@@H]1NC(=O)OC(C)(C)C. The topological polar surface area (TPSA) is 54.5 Å². The van der Waals surface area contributed by atoms with E-state index in [1.54, 1.807) is 12.3 Å². The molecule has 1 amide bonds. The van der Waals surface area contributed by atoms with Gasteiger partial charge in [-0.1, -0.05) is 18.5 Å². The highest BCUT2D eigenvalue weighted by Gasteiger charge is 2.29. The molecule has 5 nitrogen and oxygen atoms in total. The van der Waals surface area contributed by atoms with E-state index in [1.807, 2.05) is 26.8 Å². The summed E-state index contributed by atoms with van der Waals surface area (Å²) < 4.78 is 5.35. The van der Waals surface area contributed by atoms with Crippen LogP contribution in [0.4, 0.5) is 10.5 Å². The molecule has 1 aliphatic rings. The van der Waals surface area contributed by atoms with Crippen LogP contribution in [0.2, 0.25) is 5.15 Å². The van der Waals surface area contributed by atoms with Gasteiger partial charge in [-0.05, 0) is 45.2 Å². The van der Waals surface area contributed by atoms with Crippen molar-refractivity contribution in [2.24, 2.45) is 5.92 Å². The standard InChI is InChI=1S/C16H24ClN3O2/c1-11-7-8-20(12-5-6-14(17)18-9-12)10-13(11)19-15(21)22-16(2,3)4/h5-6,9,11,13H,7-8,10H2,1-4H3,(H,19,21)/t11-,13+/m1/s1. The van der Waals surface area contributed by atoms with Gasteiger partial charge < -0.3 is 15.0 Å². The minimum absolute atomic E-state index is 0.0549. The van der Waals surface area contributed by atoms with Crippen LogP contribution in [0.3, 0.4) is 0 Å². The Bertz CT molecular complexity index is 513. The van der Waals surface area contributed by atoms with Crippen molar-refractivity contribution in [1.29, 1.82) is 0 Å². The molecule has 2 heterocycles. The van der Waals surface area contributed by atoms with Gasteiger partial charge in [0.15, 0.2) is 0 Å². The highest BCUT2D eigenvalue weighted by atomic mass is 35.5. The van der Waals surface area contributed by atoms with Gasteiger partial charge in [0.05, 0.1) is 17.9 Å². The molecule has 1 aromatic rings. The summed E-state index contributed by atoms with van der Waals surface area (Å²) in [6, 6.07) is 3.79. The molecule has 0 radical (unpaired) electrons. The maximum Gasteiger partial charge on any atom is 0.407 e. The zero-order valence-electron chi connectivity index (χ0n) is 13.6. The lowest BCUT2D eigenvalue weighted by atomic mass is 9.93. The number of halogens is 1. The Balaban J connectivity index is 1.99. The van der Waals surface area contributed by atoms with Crippen LogP contribution < -0.4 is 10.2 Å². The average molecular weight is 326 g/mol. The van der Waals surface area contributed by atoms with Gasteiger partial charge in [0.1, 0.15) is 10.8 Å². The summed E-state index contributed by atoms with van der Waals surface area (Å²) >= 11 is 5.83. The molecule has 2 atom stereocenters. The maximum absolute atomic E-state index is 12.0. The van der Waals surface area contributed by atoms with E-state index in [-0.39, 0.29) is 12.1 Å². The molecule has 122 valence electrons. The Morgan fingerprint density at radius 3 is 2.77 bits per heavy atom. The lowest BCUT2D eigenvalue weighted by Gasteiger charge is -2.38. The Labute approximate surface area is 137 Å². The molecule has 0 aromatic carbocycles. The van der Waals surface area contributed by atoms with Crippen molar-refractivity contribution in [3.05, 3.63) is 23.5 Å². The number of anilines is 1. The summed E-state index contributed by atoms with van der Waals surface area (Å²) in [7, 11) is 0. The molecular formula is C16H24ClN3O2. The van der Waals surface area contributed by atoms with E-state index in [2.05, 4.69) is 22.1 Å². The first-order valence-electron chi connectivity index (χ1n) is 7.60. The van der Waals surface area contributed by atoms with Gasteiger partial charge in [0, 0.05) is 13.1 Å². The van der Waals surface area contributed by atoms with Gasteiger partial charge in [-0.25, -0.2) is 9.78 Å². The third-order valence-corrected chi connectivity index (χ3v) is 3.96. The molecule has 0 saturated carbocycles. The van der Waals surface area contributed by atoms with Crippen molar-refractivity contribution in [3.8, 4) is 0 Å². The molecule has 6 heteroatoms. The minimum atomic E-state index is -0.484. The van der Waals surface area contributed by atoms with Gasteiger partial charge in [-0.3, -0.25) is 0 Å². The molecule has 0 bridgehead atoms. The second-order valence-electron chi connectivity index (χ2n) is 6.80. The smallest absolute Gasteiger partial charge is 0.407 e. The number of hydrogen-bond donors (Lipinski definition) is 1. The van der Waals surface area contributed by atoms with Crippen LogP contribution in [-0.2, 0) is 4.74 Å². The van der Waals surface area contributed by atoms with Crippen LogP contribution in [-0.4, -0.2) is 35.8 Å². The number of alkyl carbamates (subject to hydrolysis) is 1. The molecule has 1 fully saturated rings. The predicted octanol–water partition coefficient (Wildman–Crippen LogP) is 3.47. The fraction of sp³-hybridized carbons (Fsp3) is 0.625. The number of amides is 1. The molecular weight excluding hydrogens is 302 g/mol. The molecule has 0 unspecified atom stereocenters. The largest absolute Gasteiger partial charge is 0.444 e. The number of pyridine rings is 1. The van der Waals surface area contributed by atoms with Gasteiger partial charge in [0.25, 0.3) is 0 Å². The summed E-state index contributed by atoms with van der Waals surface area (Å²) in [5.74, 6) is 0.407. The number of aromatic nitrogens is 1. The van der Waals surface area contributed by atoms with E-state index in [9.17, 15) is 4.79 Å². The highest BCUT2D eigenvalue weighted by Crippen LogP contribution is 2.24. The number of rotatable bonds is 2. The number of carbonyl (C=O) groups is 1. The molecule has 1 N–H and O–H groups in total. The van der Waals surface area contributed by atoms with Crippen molar-refractivity contribution in [2.75, 3.05) is 18.0 Å². The Morgan fingerprint density at radius 1 is 1.45 bits per heavy atom. The van der Waals surface area contributed by atoms with E-state index >= 15 is 0 Å². The van der Waals surface area contributed by atoms with E-state index < -0.39 is 5.60 Å². The van der Waals surface area contributed by atoms with Gasteiger partial charge in [-0.2, -0.15) is 0 Å². The molecule has 1 aliphatic heterocycles. The van der Waals surface area contributed by atoms with E-state index in [0.29, 0.717) is 11.1 Å². The summed E-state index contributed by atoms with van der Waals surface area (Å²) in [4.78, 5) is 18.3. The quantitative estimate of drug-likeness (QED) is 0.846. The fourth-order valence-corrected chi connectivity index (χ4v) is 2.62. The van der Waals surface area contributed by atoms with Crippen molar-refractivity contribution in [3.63, 3.8) is 0 Å². The van der Waals surface area contributed by atoms with E-state index in [4.69, 9.17) is 16.3 Å². The second kappa shape index (κ2) is 6.73. The Kier molecular flexibility index (Phi) is 5.16. The highest BCUT2D eigenvalue weighted by molar-refractivity contribution is 6.29. The summed E-state index contributed by atoms with van der Waals surface area (Å²) in [5.41, 5.74) is 0.536. The van der Waals surface area contributed by atoms with Crippen LogP contribution >= 0.6 is 11.6 Å². The number of hydrogen-bond acceptors (Lipinski definition) is 4. The zero-order chi connectivity index (χ0) is 16.3. The second-order valence-corrected chi connectivity index (χ2v) is 7.19. The lowest BCUT2D eigenvalue weighted by molar-refractivity contribution is 0.0483. The number of carbonyl (C=O) groups excluding carboxylic acids is 1. The fourth-order valence-electron chi connectivity index (χ4n) is 2.51.